The monoisotopic (exact) mass is 422 g/mol. The van der Waals surface area contributed by atoms with Gasteiger partial charge in [-0.15, -0.1) is 0 Å². The highest BCUT2D eigenvalue weighted by Crippen LogP contribution is 2.23. The van der Waals surface area contributed by atoms with Gasteiger partial charge in [0.1, 0.15) is 18.0 Å². The van der Waals surface area contributed by atoms with Gasteiger partial charge in [-0.3, -0.25) is 14.3 Å². The summed E-state index contributed by atoms with van der Waals surface area (Å²) < 4.78 is 6.53. The molecule has 0 saturated heterocycles. The molecule has 2 heterocycles. The molecule has 2 aromatic heterocycles. The molecule has 1 aromatic carbocycles. The van der Waals surface area contributed by atoms with Crippen molar-refractivity contribution in [2.45, 2.75) is 52.6 Å². The van der Waals surface area contributed by atoms with Crippen molar-refractivity contribution in [3.63, 3.8) is 0 Å². The van der Waals surface area contributed by atoms with E-state index in [1.54, 1.807) is 4.68 Å². The molecule has 0 radical (unpaired) electrons. The Morgan fingerprint density at radius 1 is 1.26 bits per heavy atom. The summed E-state index contributed by atoms with van der Waals surface area (Å²) in [6.45, 7) is 6.22. The smallest absolute Gasteiger partial charge is 0.273 e. The molecule has 0 aliphatic carbocycles. The third-order valence-electron chi connectivity index (χ3n) is 4.89. The summed E-state index contributed by atoms with van der Waals surface area (Å²) in [4.78, 5) is 26.0. The number of nitrogens with zero attached hydrogens (tertiary/aromatic N) is 4. The van der Waals surface area contributed by atoms with Gasteiger partial charge in [0.15, 0.2) is 5.69 Å². The molecule has 0 aliphatic rings. The molecule has 0 saturated carbocycles. The quantitative estimate of drug-likeness (QED) is 0.535. The molecule has 2 N–H and O–H groups in total. The normalized spacial score (nSPS) is 12.3. The Morgan fingerprint density at radius 2 is 2.03 bits per heavy atom. The lowest BCUT2D eigenvalue weighted by molar-refractivity contribution is -0.120. The molecule has 0 spiro atoms. The van der Waals surface area contributed by atoms with Gasteiger partial charge in [-0.1, -0.05) is 44.1 Å². The Hall–Kier alpha value is -3.67. The van der Waals surface area contributed by atoms with Crippen LogP contribution in [0.15, 0.2) is 41.2 Å². The first-order chi connectivity index (χ1) is 14.8. The Kier molecular flexibility index (Phi) is 6.70. The van der Waals surface area contributed by atoms with Gasteiger partial charge >= 0.3 is 0 Å². The van der Waals surface area contributed by atoms with Gasteiger partial charge < -0.3 is 15.2 Å². The van der Waals surface area contributed by atoms with Crippen LogP contribution in [0.2, 0.25) is 0 Å². The standard InChI is InChI=1S/C22H26N6O3/c1-22(2,3)19(21(30)25-15-13-24-31-14-15)26-20(29)18-16-9-5-6-10-17(16)28(27-18)12-8-4-7-11-23/h5-6,9-10,13-14,19H,4,7-8,12H2,1-3H3,(H,25,30)(H,26,29)/t19-/m1/s1. The molecular weight excluding hydrogens is 396 g/mol. The fourth-order valence-electron chi connectivity index (χ4n) is 3.29. The number of carbonyl (C=O) groups excluding carboxylic acids is 2. The lowest BCUT2D eigenvalue weighted by atomic mass is 9.86. The molecule has 162 valence electrons. The van der Waals surface area contributed by atoms with Crippen molar-refractivity contribution in [2.24, 2.45) is 5.41 Å². The number of amides is 2. The Labute approximate surface area is 180 Å². The van der Waals surface area contributed by atoms with Gasteiger partial charge in [-0.25, -0.2) is 0 Å². The summed E-state index contributed by atoms with van der Waals surface area (Å²) in [5.41, 5.74) is 0.974. The number of aryl methyl sites for hydroxylation is 1. The second-order valence-corrected chi connectivity index (χ2v) is 8.38. The van der Waals surface area contributed by atoms with Gasteiger partial charge in [0.2, 0.25) is 5.91 Å². The van der Waals surface area contributed by atoms with Crippen molar-refractivity contribution in [1.82, 2.24) is 20.3 Å². The van der Waals surface area contributed by atoms with Gasteiger partial charge in [-0.05, 0) is 24.3 Å². The topological polar surface area (TPSA) is 126 Å². The zero-order valence-corrected chi connectivity index (χ0v) is 17.9. The molecule has 3 aromatic rings. The maximum Gasteiger partial charge on any atom is 0.273 e. The number of nitrogens with one attached hydrogen (secondary N) is 2. The van der Waals surface area contributed by atoms with E-state index in [0.29, 0.717) is 24.0 Å². The summed E-state index contributed by atoms with van der Waals surface area (Å²) in [5, 5.41) is 23.1. The van der Waals surface area contributed by atoms with Crippen LogP contribution < -0.4 is 10.6 Å². The van der Waals surface area contributed by atoms with Crippen LogP contribution in [0.4, 0.5) is 5.69 Å². The second kappa shape index (κ2) is 9.43. The molecule has 0 unspecified atom stereocenters. The number of hydrogen-bond acceptors (Lipinski definition) is 6. The van der Waals surface area contributed by atoms with Crippen molar-refractivity contribution in [2.75, 3.05) is 5.32 Å². The zero-order chi connectivity index (χ0) is 22.4. The van der Waals surface area contributed by atoms with Gasteiger partial charge in [0, 0.05) is 18.4 Å². The first-order valence-corrected chi connectivity index (χ1v) is 10.1. The molecule has 0 fully saturated rings. The molecule has 1 atom stereocenters. The number of carbonyl (C=O) groups is 2. The van der Waals surface area contributed by atoms with E-state index >= 15 is 0 Å². The van der Waals surface area contributed by atoms with Crippen LogP contribution in [0.25, 0.3) is 10.9 Å². The van der Waals surface area contributed by atoms with Crippen LogP contribution in [-0.4, -0.2) is 32.8 Å². The van der Waals surface area contributed by atoms with Crippen molar-refractivity contribution < 1.29 is 14.1 Å². The van der Waals surface area contributed by atoms with E-state index in [1.807, 2.05) is 45.0 Å². The van der Waals surface area contributed by atoms with E-state index in [-0.39, 0.29) is 11.6 Å². The summed E-state index contributed by atoms with van der Waals surface area (Å²) in [6, 6.07) is 8.81. The highest BCUT2D eigenvalue weighted by molar-refractivity contribution is 6.07. The molecule has 0 bridgehead atoms. The molecule has 31 heavy (non-hydrogen) atoms. The Bertz CT molecular complexity index is 1090. The van der Waals surface area contributed by atoms with Gasteiger partial charge in [0.05, 0.1) is 17.8 Å². The largest absolute Gasteiger partial charge is 0.363 e. The predicted octanol–water partition coefficient (Wildman–Crippen LogP) is 3.50. The maximum absolute atomic E-state index is 13.2. The predicted molar refractivity (Wildman–Crippen MR) is 115 cm³/mol. The minimum Gasteiger partial charge on any atom is -0.363 e. The third kappa shape index (κ3) is 5.28. The highest BCUT2D eigenvalue weighted by Gasteiger charge is 2.34. The molecule has 2 amide bonds. The average molecular weight is 422 g/mol. The van der Waals surface area contributed by atoms with Gasteiger partial charge in [-0.2, -0.15) is 10.4 Å². The number of fused-ring (bicyclic) bond motifs is 1. The van der Waals surface area contributed by atoms with Crippen LogP contribution >= 0.6 is 0 Å². The van der Waals surface area contributed by atoms with E-state index in [0.717, 1.165) is 18.4 Å². The summed E-state index contributed by atoms with van der Waals surface area (Å²) in [6.07, 6.45) is 4.75. The van der Waals surface area contributed by atoms with E-state index in [1.165, 1.54) is 12.5 Å². The van der Waals surface area contributed by atoms with Gasteiger partial charge in [0.25, 0.3) is 5.91 Å². The number of nitriles is 1. The first-order valence-electron chi connectivity index (χ1n) is 10.1. The minimum atomic E-state index is -0.811. The lowest BCUT2D eigenvalue weighted by Gasteiger charge is -2.29. The average Bonchev–Trinajstić information content (AvgIpc) is 3.36. The Morgan fingerprint density at radius 3 is 2.71 bits per heavy atom. The summed E-state index contributed by atoms with van der Waals surface area (Å²) in [7, 11) is 0. The molecule has 0 aliphatic heterocycles. The van der Waals surface area contributed by atoms with E-state index in [4.69, 9.17) is 9.78 Å². The molecule has 9 heteroatoms. The fourth-order valence-corrected chi connectivity index (χ4v) is 3.29. The second-order valence-electron chi connectivity index (χ2n) is 8.38. The van der Waals surface area contributed by atoms with Crippen LogP contribution in [0.3, 0.4) is 0 Å². The Balaban J connectivity index is 1.83. The SMILES string of the molecule is CC(C)(C)[C@H](NC(=O)c1nn(CCCCC#N)c2ccccc12)C(=O)Nc1cnoc1. The minimum absolute atomic E-state index is 0.267. The number of unbranched alkanes of at least 4 members (excludes halogenated alkanes) is 2. The maximum atomic E-state index is 13.2. The molecular formula is C22H26N6O3. The fraction of sp³-hybridized carbons (Fsp3) is 0.409. The zero-order valence-electron chi connectivity index (χ0n) is 17.9. The van der Waals surface area contributed by atoms with Crippen LogP contribution in [0.1, 0.15) is 50.5 Å². The third-order valence-corrected chi connectivity index (χ3v) is 4.89. The van der Waals surface area contributed by atoms with Crippen molar-refractivity contribution >= 4 is 28.4 Å². The van der Waals surface area contributed by atoms with Crippen molar-refractivity contribution in [3.05, 3.63) is 42.4 Å². The van der Waals surface area contributed by atoms with E-state index in [2.05, 4.69) is 27.0 Å². The van der Waals surface area contributed by atoms with E-state index in [9.17, 15) is 9.59 Å². The molecule has 3 rings (SSSR count). The first kappa shape index (κ1) is 22.0. The van der Waals surface area contributed by atoms with Crippen LogP contribution in [0, 0.1) is 16.7 Å². The highest BCUT2D eigenvalue weighted by atomic mass is 16.5. The number of aromatic nitrogens is 3. The number of anilines is 1. The van der Waals surface area contributed by atoms with Crippen LogP contribution in [0.5, 0.6) is 0 Å². The molecule has 9 nitrogen and oxygen atoms in total. The number of hydrogen-bond donors (Lipinski definition) is 2. The number of rotatable bonds is 8. The number of benzene rings is 1. The van der Waals surface area contributed by atoms with E-state index < -0.39 is 17.4 Å². The summed E-state index contributed by atoms with van der Waals surface area (Å²) in [5.74, 6) is -0.795. The lowest BCUT2D eigenvalue weighted by Crippen LogP contribution is -2.51. The summed E-state index contributed by atoms with van der Waals surface area (Å²) >= 11 is 0. The van der Waals surface area contributed by atoms with Crippen molar-refractivity contribution in [1.29, 1.82) is 5.26 Å². The number of para-hydroxylation sites is 1. The van der Waals surface area contributed by atoms with Crippen molar-refractivity contribution in [3.8, 4) is 6.07 Å². The van der Waals surface area contributed by atoms with Crippen LogP contribution in [-0.2, 0) is 11.3 Å².